The van der Waals surface area contributed by atoms with Crippen LogP contribution in [0.4, 0.5) is 0 Å². The van der Waals surface area contributed by atoms with Gasteiger partial charge < -0.3 is 4.42 Å². The van der Waals surface area contributed by atoms with Gasteiger partial charge in [0.15, 0.2) is 5.76 Å². The summed E-state index contributed by atoms with van der Waals surface area (Å²) in [5.74, 6) is 8.36. The third-order valence-corrected chi connectivity index (χ3v) is 6.13. The summed E-state index contributed by atoms with van der Waals surface area (Å²) in [4.78, 5) is 0. The Hall–Kier alpha value is -1.94. The molecule has 0 unspecified atom stereocenters. The summed E-state index contributed by atoms with van der Waals surface area (Å²) < 4.78 is 6.41. The molecule has 2 aliphatic carbocycles. The number of rotatable bonds is 1. The minimum absolute atomic E-state index is 0. The minimum atomic E-state index is 0. The van der Waals surface area contributed by atoms with Crippen LogP contribution in [-0.4, -0.2) is 0 Å². The van der Waals surface area contributed by atoms with E-state index in [4.69, 9.17) is 4.42 Å². The molecular weight excluding hydrogens is 456 g/mol. The maximum Gasteiger partial charge on any atom is 2.00 e. The Morgan fingerprint density at radius 2 is 1.15 bits per heavy atom. The molecule has 34 heavy (non-hydrogen) atoms. The Morgan fingerprint density at radius 3 is 1.71 bits per heavy atom. The smallest absolute Gasteiger partial charge is 0.447 e. The van der Waals surface area contributed by atoms with Crippen LogP contribution in [0.5, 0.6) is 0 Å². The van der Waals surface area contributed by atoms with Gasteiger partial charge in [0.2, 0.25) is 0 Å². The molecule has 0 aliphatic heterocycles. The normalized spacial score (nSPS) is 15.5. The summed E-state index contributed by atoms with van der Waals surface area (Å²) >= 11 is 0. The van der Waals surface area contributed by atoms with Crippen LogP contribution in [0.2, 0.25) is 0 Å². The molecule has 0 spiro atoms. The van der Waals surface area contributed by atoms with Crippen LogP contribution >= 0.6 is 0 Å². The molecule has 1 nitrogen and oxygen atoms in total. The van der Waals surface area contributed by atoms with Gasteiger partial charge in [-0.1, -0.05) is 29.7 Å². The predicted molar refractivity (Wildman–Crippen MR) is 139 cm³/mol. The van der Waals surface area contributed by atoms with E-state index < -0.39 is 0 Å². The third kappa shape index (κ3) is 5.64. The molecule has 170 valence electrons. The van der Waals surface area contributed by atoms with E-state index in [1.165, 1.54) is 44.3 Å². The molecule has 1 heterocycles. The Kier molecular flexibility index (Phi) is 9.14. The summed E-state index contributed by atoms with van der Waals surface area (Å²) in [6, 6.07) is 6.74. The van der Waals surface area contributed by atoms with Crippen molar-refractivity contribution in [2.45, 2.75) is 41.5 Å². The van der Waals surface area contributed by atoms with Gasteiger partial charge in [-0.05, 0) is 139 Å². The number of aryl methyl sites for hydroxylation is 6. The Bertz CT molecular complexity index is 1180. The second kappa shape index (κ2) is 11.7. The van der Waals surface area contributed by atoms with Crippen molar-refractivity contribution in [1.82, 2.24) is 0 Å². The molecular formula is C32H30FeO+2. The fourth-order valence-corrected chi connectivity index (χ4v) is 4.56. The van der Waals surface area contributed by atoms with Gasteiger partial charge >= 0.3 is 17.1 Å². The summed E-state index contributed by atoms with van der Waals surface area (Å²) in [6.45, 7) is 12.9. The van der Waals surface area contributed by atoms with Gasteiger partial charge in [0.1, 0.15) is 5.58 Å². The second-order valence-corrected chi connectivity index (χ2v) is 8.81. The van der Waals surface area contributed by atoms with Crippen LogP contribution in [0.25, 0.3) is 22.1 Å². The first-order chi connectivity index (χ1) is 15.9. The number of furan rings is 1. The molecule has 2 fully saturated rings. The molecule has 0 atom stereocenters. The second-order valence-electron chi connectivity index (χ2n) is 8.81. The zero-order chi connectivity index (χ0) is 23.5. The van der Waals surface area contributed by atoms with Crippen molar-refractivity contribution in [3.05, 3.63) is 121 Å². The fourth-order valence-electron chi connectivity index (χ4n) is 4.56. The molecule has 10 radical (unpaired) electrons. The number of hydrogen-bond donors (Lipinski definition) is 0. The van der Waals surface area contributed by atoms with Gasteiger partial charge in [0, 0.05) is 10.9 Å². The molecule has 3 aromatic rings. The van der Waals surface area contributed by atoms with Gasteiger partial charge in [-0.2, -0.15) is 0 Å². The summed E-state index contributed by atoms with van der Waals surface area (Å²) in [5.41, 5.74) is 10.8. The first kappa shape index (κ1) is 26.7. The van der Waals surface area contributed by atoms with Crippen LogP contribution in [-0.2, 0) is 17.1 Å². The Morgan fingerprint density at radius 1 is 0.588 bits per heavy atom. The van der Waals surface area contributed by atoms with E-state index in [-0.39, 0.29) is 17.1 Å². The molecule has 2 aromatic carbocycles. The predicted octanol–water partition coefficient (Wildman–Crippen LogP) is 7.73. The Balaban J connectivity index is 0.000000481. The molecule has 2 saturated carbocycles. The topological polar surface area (TPSA) is 13.1 Å². The van der Waals surface area contributed by atoms with E-state index in [1.54, 1.807) is 0 Å². The van der Waals surface area contributed by atoms with E-state index in [0.717, 1.165) is 22.8 Å². The van der Waals surface area contributed by atoms with Crippen LogP contribution in [0.3, 0.4) is 0 Å². The average molecular weight is 486 g/mol. The molecule has 5 rings (SSSR count). The van der Waals surface area contributed by atoms with Crippen molar-refractivity contribution >= 4 is 11.0 Å². The summed E-state index contributed by atoms with van der Waals surface area (Å²) in [6.07, 6.45) is 18.1. The zero-order valence-corrected chi connectivity index (χ0v) is 21.8. The van der Waals surface area contributed by atoms with Crippen LogP contribution in [0.15, 0.2) is 22.6 Å². The van der Waals surface area contributed by atoms with Crippen molar-refractivity contribution < 1.29 is 21.5 Å². The maximum atomic E-state index is 6.41. The minimum Gasteiger partial charge on any atom is -0.447 e. The first-order valence-corrected chi connectivity index (χ1v) is 11.4. The van der Waals surface area contributed by atoms with E-state index in [1.807, 2.05) is 57.8 Å². The first-order valence-electron chi connectivity index (χ1n) is 11.4. The zero-order valence-electron chi connectivity index (χ0n) is 20.7. The number of benzene rings is 2. The van der Waals surface area contributed by atoms with Gasteiger partial charge in [-0.3, -0.25) is 0 Å². The van der Waals surface area contributed by atoms with Crippen LogP contribution in [0, 0.1) is 117 Å². The molecule has 1 aromatic heterocycles. The SMILES string of the molecule is Cc1cc(C)c(-c2c(C#C[C]3[CH][CH][CH][CH]3)oc3c(C)c(C)cc(C)c23)c(C)c1.[CH]1[CH][CH][CH][CH]1.[Fe+2]. The summed E-state index contributed by atoms with van der Waals surface area (Å²) in [7, 11) is 0. The molecule has 2 aliphatic rings. The third-order valence-electron chi connectivity index (χ3n) is 6.13. The average Bonchev–Trinajstić information content (AvgIpc) is 3.53. The van der Waals surface area contributed by atoms with E-state index in [9.17, 15) is 0 Å². The quantitative estimate of drug-likeness (QED) is 0.254. The van der Waals surface area contributed by atoms with Crippen molar-refractivity contribution in [3.8, 4) is 23.0 Å². The van der Waals surface area contributed by atoms with Gasteiger partial charge in [0.05, 0.1) is 5.92 Å². The van der Waals surface area contributed by atoms with Gasteiger partial charge in [0.25, 0.3) is 0 Å². The molecule has 0 N–H and O–H groups in total. The maximum absolute atomic E-state index is 6.41. The van der Waals surface area contributed by atoms with Crippen molar-refractivity contribution in [2.75, 3.05) is 0 Å². The number of hydrogen-bond acceptors (Lipinski definition) is 1. The fraction of sp³-hybridized carbons (Fsp3) is 0.188. The Labute approximate surface area is 217 Å². The van der Waals surface area contributed by atoms with Crippen molar-refractivity contribution in [1.29, 1.82) is 0 Å². The van der Waals surface area contributed by atoms with E-state index in [2.05, 4.69) is 71.6 Å². The van der Waals surface area contributed by atoms with Gasteiger partial charge in [-0.15, -0.1) is 0 Å². The molecule has 0 amide bonds. The van der Waals surface area contributed by atoms with Crippen molar-refractivity contribution in [2.24, 2.45) is 0 Å². The van der Waals surface area contributed by atoms with Crippen LogP contribution < -0.4 is 0 Å². The summed E-state index contributed by atoms with van der Waals surface area (Å²) in [5, 5.41) is 1.19. The van der Waals surface area contributed by atoms with Crippen molar-refractivity contribution in [3.63, 3.8) is 0 Å². The van der Waals surface area contributed by atoms with E-state index in [0.29, 0.717) is 0 Å². The molecule has 0 bridgehead atoms. The monoisotopic (exact) mass is 486 g/mol. The standard InChI is InChI=1S/C27H25O.C5H5.Fe/c1-16-13-18(3)24(19(4)14-16)26-23(12-11-22-9-7-8-10-22)28-27-21(6)17(2)15-20(5)25(26)27;1-2-4-5-3-1;/h7-10,13-15H,1-6H3;1-5H;/q;;+2. The molecule has 0 saturated heterocycles. The van der Waals surface area contributed by atoms with E-state index >= 15 is 0 Å². The number of fused-ring (bicyclic) bond motifs is 1. The van der Waals surface area contributed by atoms with Crippen LogP contribution in [0.1, 0.15) is 39.1 Å². The molecule has 2 heteroatoms. The largest absolute Gasteiger partial charge is 2.00 e. The van der Waals surface area contributed by atoms with Gasteiger partial charge in [-0.25, -0.2) is 0 Å².